The number of carboxylic acid groups (broad SMARTS) is 1. The zero-order valence-electron chi connectivity index (χ0n) is 33.7. The minimum absolute atomic E-state index is 0.0504. The van der Waals surface area contributed by atoms with E-state index in [0.717, 1.165) is 6.42 Å². The third-order valence-electron chi connectivity index (χ3n) is 7.36. The Morgan fingerprint density at radius 1 is 0.544 bits per heavy atom. The second kappa shape index (κ2) is 42.0. The van der Waals surface area contributed by atoms with Crippen LogP contribution in [0, 0.1) is 0 Å². The molecule has 0 saturated carbocycles. The number of nitrogens with zero attached hydrogens (tertiary/aromatic N) is 3. The van der Waals surface area contributed by atoms with Crippen LogP contribution in [0.3, 0.4) is 0 Å². The first kappa shape index (κ1) is 53.3. The van der Waals surface area contributed by atoms with Crippen molar-refractivity contribution in [3.63, 3.8) is 0 Å². The van der Waals surface area contributed by atoms with E-state index in [9.17, 15) is 24.0 Å². The van der Waals surface area contributed by atoms with Gasteiger partial charge in [-0.3, -0.25) is 24.0 Å². The molecule has 0 aromatic carbocycles. The van der Waals surface area contributed by atoms with Crippen molar-refractivity contribution in [2.75, 3.05) is 132 Å². The lowest BCUT2D eigenvalue weighted by Crippen LogP contribution is -2.47. The number of carbonyl (C=O) groups is 5. The fourth-order valence-corrected chi connectivity index (χ4v) is 4.45. The zero-order valence-corrected chi connectivity index (χ0v) is 33.7. The van der Waals surface area contributed by atoms with Crippen molar-refractivity contribution in [3.8, 4) is 0 Å². The number of amides is 4. The molecule has 1 atom stereocenters. The largest absolute Gasteiger partial charge is 0.481 e. The topological polar surface area (TPSA) is 276 Å². The van der Waals surface area contributed by atoms with Crippen molar-refractivity contribution in [2.24, 2.45) is 5.11 Å². The Hall–Kier alpha value is -3.66. The number of unbranched alkanes of at least 4 members (excludes halogenated alkanes) is 1. The van der Waals surface area contributed by atoms with Crippen LogP contribution in [0.5, 0.6) is 0 Å². The molecule has 0 unspecified atom stereocenters. The maximum absolute atomic E-state index is 13.0. The highest BCUT2D eigenvalue weighted by molar-refractivity contribution is 5.87. The number of nitrogens with one attached hydrogen (secondary N) is 4. The second-order valence-electron chi connectivity index (χ2n) is 12.2. The van der Waals surface area contributed by atoms with Crippen molar-refractivity contribution in [2.45, 2.75) is 70.8 Å². The van der Waals surface area contributed by atoms with E-state index in [1.54, 1.807) is 0 Å². The van der Waals surface area contributed by atoms with Crippen molar-refractivity contribution in [1.29, 1.82) is 0 Å². The highest BCUT2D eigenvalue weighted by Crippen LogP contribution is 2.03. The number of hydrogen-bond donors (Lipinski definition) is 5. The summed E-state index contributed by atoms with van der Waals surface area (Å²) in [6.07, 6.45) is 3.26. The van der Waals surface area contributed by atoms with Gasteiger partial charge in [0.05, 0.1) is 106 Å². The molecule has 0 spiro atoms. The minimum atomic E-state index is -0.913. The summed E-state index contributed by atoms with van der Waals surface area (Å²) in [5.74, 6) is -1.94. The van der Waals surface area contributed by atoms with E-state index in [0.29, 0.717) is 118 Å². The van der Waals surface area contributed by atoms with Crippen LogP contribution >= 0.6 is 0 Å². The molecule has 21 heteroatoms. The number of ether oxygens (including phenoxy) is 8. The van der Waals surface area contributed by atoms with E-state index >= 15 is 0 Å². The third kappa shape index (κ3) is 40.3. The van der Waals surface area contributed by atoms with Gasteiger partial charge < -0.3 is 64.3 Å². The predicted molar refractivity (Wildman–Crippen MR) is 206 cm³/mol. The van der Waals surface area contributed by atoms with Gasteiger partial charge in [0.15, 0.2) is 0 Å². The normalized spacial score (nSPS) is 11.4. The van der Waals surface area contributed by atoms with Crippen molar-refractivity contribution >= 4 is 29.6 Å². The molecule has 0 aliphatic rings. The standard InChI is InChI=1S/C36H67N7O14/c1-2-15-50-21-22-51-17-9-33(45)39-12-5-7-34(46)42-31(6-3-4-11-38-32(44)8-16-52-23-25-55-20-14-41-43-37)36(49)40-13-19-54-26-28-57-30-29-56-27-24-53-18-10-35(47)48/h31H,2-30H2,1H3,(H,38,44)(H,39,45)(H,40,49)(H,42,46)(H,47,48)/t31-/m0/s1. The molecular formula is C36H67N7O14. The van der Waals surface area contributed by atoms with E-state index in [1.807, 2.05) is 6.92 Å². The summed E-state index contributed by atoms with van der Waals surface area (Å²) in [4.78, 5) is 63.0. The van der Waals surface area contributed by atoms with Crippen LogP contribution in [0.2, 0.25) is 0 Å². The quantitative estimate of drug-likeness (QED) is 0.0247. The van der Waals surface area contributed by atoms with Crippen LogP contribution in [0.15, 0.2) is 5.11 Å². The SMILES string of the molecule is CCCOCCOCCC(=O)NCCCC(=O)N[C@@H](CCCCNC(=O)CCOCCOCCN=[N+]=[N-])C(=O)NCCOCCOCCOCCOCCC(=O)O. The van der Waals surface area contributed by atoms with Gasteiger partial charge in [0, 0.05) is 57.0 Å². The van der Waals surface area contributed by atoms with Gasteiger partial charge in [-0.15, -0.1) is 0 Å². The van der Waals surface area contributed by atoms with Gasteiger partial charge in [-0.25, -0.2) is 0 Å². The van der Waals surface area contributed by atoms with Crippen LogP contribution in [-0.2, 0) is 61.9 Å². The molecule has 0 saturated heterocycles. The second-order valence-corrected chi connectivity index (χ2v) is 12.2. The highest BCUT2D eigenvalue weighted by Gasteiger charge is 2.20. The molecule has 21 nitrogen and oxygen atoms in total. The maximum atomic E-state index is 13.0. The number of azide groups is 1. The first-order chi connectivity index (χ1) is 27.8. The molecule has 0 aromatic heterocycles. The Labute approximate surface area is 335 Å². The van der Waals surface area contributed by atoms with Crippen LogP contribution in [0.4, 0.5) is 0 Å². The third-order valence-corrected chi connectivity index (χ3v) is 7.36. The number of carbonyl (C=O) groups excluding carboxylic acids is 4. The fraction of sp³-hybridized carbons (Fsp3) is 0.861. The number of rotatable bonds is 43. The van der Waals surface area contributed by atoms with E-state index in [1.165, 1.54) is 0 Å². The molecule has 330 valence electrons. The van der Waals surface area contributed by atoms with Crippen LogP contribution in [0.25, 0.3) is 10.4 Å². The molecular weight excluding hydrogens is 754 g/mol. The zero-order chi connectivity index (χ0) is 41.9. The van der Waals surface area contributed by atoms with Gasteiger partial charge >= 0.3 is 5.97 Å². The number of aliphatic carboxylic acids is 1. The molecule has 0 fully saturated rings. The molecule has 0 aliphatic carbocycles. The molecule has 0 heterocycles. The summed E-state index contributed by atoms with van der Waals surface area (Å²) in [5, 5.41) is 23.1. The summed E-state index contributed by atoms with van der Waals surface area (Å²) < 4.78 is 42.7. The first-order valence-electron chi connectivity index (χ1n) is 19.7. The van der Waals surface area contributed by atoms with Crippen LogP contribution in [0.1, 0.15) is 64.7 Å². The average Bonchev–Trinajstić information content (AvgIpc) is 3.19. The maximum Gasteiger partial charge on any atom is 0.305 e. The summed E-state index contributed by atoms with van der Waals surface area (Å²) in [6.45, 7) is 8.56. The Morgan fingerprint density at radius 3 is 1.54 bits per heavy atom. The molecule has 5 N–H and O–H groups in total. The summed E-state index contributed by atoms with van der Waals surface area (Å²) in [5.41, 5.74) is 8.22. The van der Waals surface area contributed by atoms with Crippen molar-refractivity contribution in [1.82, 2.24) is 21.3 Å². The number of carboxylic acids is 1. The highest BCUT2D eigenvalue weighted by atomic mass is 16.6. The Morgan fingerprint density at radius 2 is 1.02 bits per heavy atom. The minimum Gasteiger partial charge on any atom is -0.481 e. The average molecular weight is 822 g/mol. The molecule has 57 heavy (non-hydrogen) atoms. The smallest absolute Gasteiger partial charge is 0.305 e. The van der Waals surface area contributed by atoms with Crippen LogP contribution < -0.4 is 21.3 Å². The van der Waals surface area contributed by atoms with Crippen LogP contribution in [-0.4, -0.2) is 173 Å². The fourth-order valence-electron chi connectivity index (χ4n) is 4.45. The molecule has 0 radical (unpaired) electrons. The summed E-state index contributed by atoms with van der Waals surface area (Å²) in [7, 11) is 0. The van der Waals surface area contributed by atoms with E-state index < -0.39 is 12.0 Å². The van der Waals surface area contributed by atoms with Gasteiger partial charge in [0.1, 0.15) is 6.04 Å². The van der Waals surface area contributed by atoms with Gasteiger partial charge in [-0.05, 0) is 37.6 Å². The van der Waals surface area contributed by atoms with Crippen molar-refractivity contribution in [3.05, 3.63) is 10.4 Å². The summed E-state index contributed by atoms with van der Waals surface area (Å²) in [6, 6.07) is -0.797. The van der Waals surface area contributed by atoms with E-state index in [-0.39, 0.29) is 88.8 Å². The predicted octanol–water partition coefficient (Wildman–Crippen LogP) is 0.878. The molecule has 0 bridgehead atoms. The van der Waals surface area contributed by atoms with Gasteiger partial charge in [0.2, 0.25) is 23.6 Å². The summed E-state index contributed by atoms with van der Waals surface area (Å²) >= 11 is 0. The lowest BCUT2D eigenvalue weighted by atomic mass is 10.1. The Bertz CT molecular complexity index is 1090. The Balaban J connectivity index is 4.40. The van der Waals surface area contributed by atoms with Gasteiger partial charge in [-0.1, -0.05) is 12.0 Å². The van der Waals surface area contributed by atoms with Gasteiger partial charge in [0.25, 0.3) is 0 Å². The molecule has 0 rings (SSSR count). The lowest BCUT2D eigenvalue weighted by molar-refractivity contribution is -0.138. The Kier molecular flexibility index (Phi) is 39.3. The van der Waals surface area contributed by atoms with E-state index in [4.69, 9.17) is 48.5 Å². The van der Waals surface area contributed by atoms with E-state index in [2.05, 4.69) is 31.3 Å². The van der Waals surface area contributed by atoms with Crippen molar-refractivity contribution < 1.29 is 67.0 Å². The molecule has 4 amide bonds. The number of hydrogen-bond acceptors (Lipinski definition) is 14. The lowest BCUT2D eigenvalue weighted by Gasteiger charge is -2.19. The van der Waals surface area contributed by atoms with Gasteiger partial charge in [-0.2, -0.15) is 0 Å². The molecule has 0 aliphatic heterocycles. The molecule has 0 aromatic rings. The first-order valence-corrected chi connectivity index (χ1v) is 19.7. The monoisotopic (exact) mass is 821 g/mol.